The van der Waals surface area contributed by atoms with Crippen LogP contribution in [0.2, 0.25) is 0 Å². The molecule has 0 atom stereocenters. The lowest BCUT2D eigenvalue weighted by atomic mass is 10.2. The summed E-state index contributed by atoms with van der Waals surface area (Å²) in [4.78, 5) is 13.8. The average Bonchev–Trinajstić information content (AvgIpc) is 2.28. The summed E-state index contributed by atoms with van der Waals surface area (Å²) in [6, 6.07) is 4.08. The Morgan fingerprint density at radius 1 is 1.56 bits per heavy atom. The molecule has 0 radical (unpaired) electrons. The van der Waals surface area contributed by atoms with E-state index in [1.165, 1.54) is 23.1 Å². The highest BCUT2D eigenvalue weighted by Crippen LogP contribution is 2.15. The van der Waals surface area contributed by atoms with E-state index in [1.807, 2.05) is 0 Å². The summed E-state index contributed by atoms with van der Waals surface area (Å²) in [7, 11) is 0. The molecule has 5 heteroatoms. The molecule has 0 aliphatic rings. The quantitative estimate of drug-likeness (QED) is 0.788. The fraction of sp³-hybridized carbons (Fsp3) is 0.364. The normalized spacial score (nSPS) is 10.2. The SMILES string of the molecule is CCN(CCO)C(=O)c1cc(S)ccc1F. The minimum atomic E-state index is -0.570. The van der Waals surface area contributed by atoms with E-state index in [1.54, 1.807) is 6.92 Å². The van der Waals surface area contributed by atoms with Crippen molar-refractivity contribution in [3.8, 4) is 0 Å². The van der Waals surface area contributed by atoms with Crippen molar-refractivity contribution >= 4 is 18.5 Å². The van der Waals surface area contributed by atoms with Gasteiger partial charge in [0.05, 0.1) is 12.2 Å². The molecule has 0 aliphatic heterocycles. The molecular formula is C11H14FNO2S. The molecule has 1 amide bonds. The number of carbonyl (C=O) groups is 1. The Hall–Kier alpha value is -1.07. The van der Waals surface area contributed by atoms with Crippen LogP contribution in [0.25, 0.3) is 0 Å². The number of hydrogen-bond acceptors (Lipinski definition) is 3. The number of likely N-dealkylation sites (N-methyl/N-ethyl adjacent to an activating group) is 1. The van der Waals surface area contributed by atoms with Gasteiger partial charge in [-0.1, -0.05) is 0 Å². The van der Waals surface area contributed by atoms with Gasteiger partial charge in [-0.2, -0.15) is 0 Å². The smallest absolute Gasteiger partial charge is 0.256 e. The molecule has 0 spiro atoms. The maximum atomic E-state index is 13.4. The van der Waals surface area contributed by atoms with Gasteiger partial charge in [0.2, 0.25) is 0 Å². The van der Waals surface area contributed by atoms with E-state index >= 15 is 0 Å². The maximum absolute atomic E-state index is 13.4. The molecule has 0 saturated heterocycles. The van der Waals surface area contributed by atoms with Crippen LogP contribution in [-0.4, -0.2) is 35.6 Å². The molecule has 1 aromatic rings. The van der Waals surface area contributed by atoms with Crippen molar-refractivity contribution in [2.75, 3.05) is 19.7 Å². The Bertz CT molecular complexity index is 384. The van der Waals surface area contributed by atoms with Gasteiger partial charge in [0.15, 0.2) is 0 Å². The van der Waals surface area contributed by atoms with E-state index < -0.39 is 11.7 Å². The van der Waals surface area contributed by atoms with Crippen molar-refractivity contribution in [2.24, 2.45) is 0 Å². The molecule has 1 rings (SSSR count). The predicted molar refractivity (Wildman–Crippen MR) is 62.3 cm³/mol. The van der Waals surface area contributed by atoms with Crippen molar-refractivity contribution in [2.45, 2.75) is 11.8 Å². The van der Waals surface area contributed by atoms with Crippen molar-refractivity contribution < 1.29 is 14.3 Å². The van der Waals surface area contributed by atoms with Crippen LogP contribution in [-0.2, 0) is 0 Å². The van der Waals surface area contributed by atoms with E-state index in [2.05, 4.69) is 12.6 Å². The van der Waals surface area contributed by atoms with Crippen LogP contribution < -0.4 is 0 Å². The Kier molecular flexibility index (Phi) is 4.76. The highest BCUT2D eigenvalue weighted by Gasteiger charge is 2.17. The summed E-state index contributed by atoms with van der Waals surface area (Å²) in [6.45, 7) is 2.26. The Morgan fingerprint density at radius 2 is 2.25 bits per heavy atom. The van der Waals surface area contributed by atoms with Crippen LogP contribution in [0, 0.1) is 5.82 Å². The number of amides is 1. The zero-order valence-electron chi connectivity index (χ0n) is 8.98. The lowest BCUT2D eigenvalue weighted by Gasteiger charge is -2.20. The topological polar surface area (TPSA) is 40.5 Å². The summed E-state index contributed by atoms with van der Waals surface area (Å²) < 4.78 is 13.4. The van der Waals surface area contributed by atoms with Gasteiger partial charge in [-0.25, -0.2) is 4.39 Å². The molecular weight excluding hydrogens is 229 g/mol. The number of benzene rings is 1. The lowest BCUT2D eigenvalue weighted by Crippen LogP contribution is -2.33. The molecule has 0 aliphatic carbocycles. The van der Waals surface area contributed by atoms with Crippen LogP contribution in [0.3, 0.4) is 0 Å². The zero-order valence-corrected chi connectivity index (χ0v) is 9.88. The molecule has 0 saturated carbocycles. The monoisotopic (exact) mass is 243 g/mol. The lowest BCUT2D eigenvalue weighted by molar-refractivity contribution is 0.0727. The van der Waals surface area contributed by atoms with Gasteiger partial charge >= 0.3 is 0 Å². The Labute approximate surface area is 99.3 Å². The fourth-order valence-corrected chi connectivity index (χ4v) is 1.58. The summed E-state index contributed by atoms with van der Waals surface area (Å²) in [5.74, 6) is -0.996. The van der Waals surface area contributed by atoms with Crippen molar-refractivity contribution in [1.82, 2.24) is 4.90 Å². The predicted octanol–water partition coefficient (Wildman–Crippen LogP) is 1.57. The molecule has 3 nitrogen and oxygen atoms in total. The summed E-state index contributed by atoms with van der Waals surface area (Å²) >= 11 is 4.06. The molecule has 88 valence electrons. The highest BCUT2D eigenvalue weighted by molar-refractivity contribution is 7.80. The first-order valence-corrected chi connectivity index (χ1v) is 5.43. The average molecular weight is 243 g/mol. The first kappa shape index (κ1) is 13.0. The third-order valence-corrected chi connectivity index (χ3v) is 2.50. The number of rotatable bonds is 4. The first-order valence-electron chi connectivity index (χ1n) is 4.98. The van der Waals surface area contributed by atoms with Crippen LogP contribution in [0.4, 0.5) is 4.39 Å². The Balaban J connectivity index is 2.98. The third-order valence-electron chi connectivity index (χ3n) is 2.22. The molecule has 16 heavy (non-hydrogen) atoms. The molecule has 1 aromatic carbocycles. The van der Waals surface area contributed by atoms with Crippen LogP contribution in [0.5, 0.6) is 0 Å². The van der Waals surface area contributed by atoms with Crippen LogP contribution in [0.1, 0.15) is 17.3 Å². The molecule has 0 unspecified atom stereocenters. The zero-order chi connectivity index (χ0) is 12.1. The second kappa shape index (κ2) is 5.86. The van der Waals surface area contributed by atoms with Crippen molar-refractivity contribution in [1.29, 1.82) is 0 Å². The van der Waals surface area contributed by atoms with Crippen LogP contribution in [0.15, 0.2) is 23.1 Å². The molecule has 1 N–H and O–H groups in total. The van der Waals surface area contributed by atoms with E-state index in [0.717, 1.165) is 0 Å². The summed E-state index contributed by atoms with van der Waals surface area (Å²) in [6.07, 6.45) is 0. The second-order valence-electron chi connectivity index (χ2n) is 3.27. The van der Waals surface area contributed by atoms with Crippen molar-refractivity contribution in [3.05, 3.63) is 29.6 Å². The first-order chi connectivity index (χ1) is 7.60. The standard InChI is InChI=1S/C11H14FNO2S/c1-2-13(5-6-14)11(15)9-7-8(16)3-4-10(9)12/h3-4,7,14,16H,2,5-6H2,1H3. The molecule has 0 fully saturated rings. The van der Waals surface area contributed by atoms with E-state index in [-0.39, 0.29) is 18.7 Å². The number of aliphatic hydroxyl groups excluding tert-OH is 1. The van der Waals surface area contributed by atoms with E-state index in [4.69, 9.17) is 5.11 Å². The number of thiol groups is 1. The summed E-state index contributed by atoms with van der Waals surface area (Å²) in [5.41, 5.74) is -0.0113. The van der Waals surface area contributed by atoms with E-state index in [9.17, 15) is 9.18 Å². The maximum Gasteiger partial charge on any atom is 0.256 e. The van der Waals surface area contributed by atoms with Gasteiger partial charge < -0.3 is 10.0 Å². The van der Waals surface area contributed by atoms with Crippen LogP contribution >= 0.6 is 12.6 Å². The summed E-state index contributed by atoms with van der Waals surface area (Å²) in [5, 5.41) is 8.78. The Morgan fingerprint density at radius 3 is 2.81 bits per heavy atom. The number of carbonyl (C=O) groups excluding carboxylic acids is 1. The number of aliphatic hydroxyl groups is 1. The number of hydrogen-bond donors (Lipinski definition) is 2. The minimum absolute atomic E-state index is 0.0113. The molecule has 0 heterocycles. The number of nitrogens with zero attached hydrogens (tertiary/aromatic N) is 1. The third kappa shape index (κ3) is 2.96. The van der Waals surface area contributed by atoms with Gasteiger partial charge in [-0.3, -0.25) is 4.79 Å². The minimum Gasteiger partial charge on any atom is -0.395 e. The largest absolute Gasteiger partial charge is 0.395 e. The van der Waals surface area contributed by atoms with Gasteiger partial charge in [0.1, 0.15) is 5.82 Å². The van der Waals surface area contributed by atoms with Crippen molar-refractivity contribution in [3.63, 3.8) is 0 Å². The van der Waals surface area contributed by atoms with Gasteiger partial charge in [-0.15, -0.1) is 12.6 Å². The highest BCUT2D eigenvalue weighted by atomic mass is 32.1. The van der Waals surface area contributed by atoms with E-state index in [0.29, 0.717) is 11.4 Å². The van der Waals surface area contributed by atoms with Gasteiger partial charge in [0, 0.05) is 18.0 Å². The van der Waals surface area contributed by atoms with Gasteiger partial charge in [0.25, 0.3) is 5.91 Å². The molecule has 0 bridgehead atoms. The van der Waals surface area contributed by atoms with Gasteiger partial charge in [-0.05, 0) is 25.1 Å². The number of halogens is 1. The second-order valence-corrected chi connectivity index (χ2v) is 3.79. The molecule has 0 aromatic heterocycles. The fourth-order valence-electron chi connectivity index (χ4n) is 1.37.